The Morgan fingerprint density at radius 3 is 2.21 bits per heavy atom. The SMILES string of the molecule is COc1ccc(-c2cccc(C(C)=O)c2)cc1OC. The van der Waals surface area contributed by atoms with Gasteiger partial charge in [0, 0.05) is 5.56 Å². The van der Waals surface area contributed by atoms with E-state index in [1.54, 1.807) is 21.1 Å². The minimum atomic E-state index is 0.0577. The lowest BCUT2D eigenvalue weighted by atomic mass is 10.0. The molecular weight excluding hydrogens is 240 g/mol. The van der Waals surface area contributed by atoms with Crippen LogP contribution in [0.1, 0.15) is 17.3 Å². The predicted molar refractivity (Wildman–Crippen MR) is 75.0 cm³/mol. The summed E-state index contributed by atoms with van der Waals surface area (Å²) in [5.41, 5.74) is 2.67. The number of ether oxygens (including phenoxy) is 2. The Morgan fingerprint density at radius 2 is 1.58 bits per heavy atom. The molecule has 2 aromatic rings. The van der Waals surface area contributed by atoms with E-state index in [9.17, 15) is 4.79 Å². The molecule has 19 heavy (non-hydrogen) atoms. The topological polar surface area (TPSA) is 35.5 Å². The van der Waals surface area contributed by atoms with Crippen LogP contribution in [0.3, 0.4) is 0 Å². The van der Waals surface area contributed by atoms with E-state index in [2.05, 4.69) is 0 Å². The van der Waals surface area contributed by atoms with Crippen LogP contribution in [-0.4, -0.2) is 20.0 Å². The van der Waals surface area contributed by atoms with Crippen LogP contribution in [0, 0.1) is 0 Å². The lowest BCUT2D eigenvalue weighted by Gasteiger charge is -2.10. The van der Waals surface area contributed by atoms with Gasteiger partial charge in [0.25, 0.3) is 0 Å². The molecule has 0 bridgehead atoms. The number of rotatable bonds is 4. The summed E-state index contributed by atoms with van der Waals surface area (Å²) in [6, 6.07) is 13.2. The highest BCUT2D eigenvalue weighted by atomic mass is 16.5. The number of hydrogen-bond acceptors (Lipinski definition) is 3. The van der Waals surface area contributed by atoms with E-state index < -0.39 is 0 Å². The summed E-state index contributed by atoms with van der Waals surface area (Å²) in [6.07, 6.45) is 0. The highest BCUT2D eigenvalue weighted by molar-refractivity contribution is 5.95. The number of hydrogen-bond donors (Lipinski definition) is 0. The van der Waals surface area contributed by atoms with Crippen LogP contribution in [0.25, 0.3) is 11.1 Å². The largest absolute Gasteiger partial charge is 0.493 e. The summed E-state index contributed by atoms with van der Waals surface area (Å²) in [5, 5.41) is 0. The van der Waals surface area contributed by atoms with Crippen molar-refractivity contribution in [2.45, 2.75) is 6.92 Å². The lowest BCUT2D eigenvalue weighted by Crippen LogP contribution is -1.93. The van der Waals surface area contributed by atoms with Crippen LogP contribution < -0.4 is 9.47 Å². The Bertz CT molecular complexity index is 603. The van der Waals surface area contributed by atoms with Gasteiger partial charge in [-0.3, -0.25) is 4.79 Å². The van der Waals surface area contributed by atoms with Crippen molar-refractivity contribution in [3.8, 4) is 22.6 Å². The van der Waals surface area contributed by atoms with Crippen LogP contribution in [0.4, 0.5) is 0 Å². The van der Waals surface area contributed by atoms with Crippen molar-refractivity contribution in [3.05, 3.63) is 48.0 Å². The van der Waals surface area contributed by atoms with Crippen molar-refractivity contribution in [1.29, 1.82) is 0 Å². The van der Waals surface area contributed by atoms with Gasteiger partial charge < -0.3 is 9.47 Å². The van der Waals surface area contributed by atoms with Gasteiger partial charge >= 0.3 is 0 Å². The second kappa shape index (κ2) is 5.57. The molecule has 0 aromatic heterocycles. The van der Waals surface area contributed by atoms with Gasteiger partial charge in [-0.2, -0.15) is 0 Å². The molecule has 0 saturated heterocycles. The third kappa shape index (κ3) is 2.76. The normalized spacial score (nSPS) is 10.1. The van der Waals surface area contributed by atoms with E-state index in [1.807, 2.05) is 42.5 Å². The molecule has 0 aliphatic rings. The molecule has 3 nitrogen and oxygen atoms in total. The van der Waals surface area contributed by atoms with Crippen molar-refractivity contribution in [2.24, 2.45) is 0 Å². The minimum Gasteiger partial charge on any atom is -0.493 e. The van der Waals surface area contributed by atoms with Gasteiger partial charge in [-0.1, -0.05) is 24.3 Å². The van der Waals surface area contributed by atoms with Gasteiger partial charge in [0.15, 0.2) is 17.3 Å². The summed E-state index contributed by atoms with van der Waals surface area (Å²) in [5.74, 6) is 1.42. The molecule has 0 aliphatic carbocycles. The van der Waals surface area contributed by atoms with Gasteiger partial charge in [-0.15, -0.1) is 0 Å². The molecule has 0 fully saturated rings. The number of benzene rings is 2. The first kappa shape index (κ1) is 13.1. The van der Waals surface area contributed by atoms with E-state index in [4.69, 9.17) is 9.47 Å². The molecule has 0 radical (unpaired) electrons. The first-order valence-corrected chi connectivity index (χ1v) is 5.99. The van der Waals surface area contributed by atoms with Crippen molar-refractivity contribution >= 4 is 5.78 Å². The summed E-state index contributed by atoms with van der Waals surface area (Å²) < 4.78 is 10.5. The van der Waals surface area contributed by atoms with Gasteiger partial charge in [0.2, 0.25) is 0 Å². The third-order valence-electron chi connectivity index (χ3n) is 2.99. The molecule has 0 aliphatic heterocycles. The highest BCUT2D eigenvalue weighted by Gasteiger charge is 2.07. The Hall–Kier alpha value is -2.29. The Labute approximate surface area is 112 Å². The molecule has 0 heterocycles. The van der Waals surface area contributed by atoms with E-state index in [0.29, 0.717) is 17.1 Å². The van der Waals surface area contributed by atoms with Crippen LogP contribution in [-0.2, 0) is 0 Å². The number of Topliss-reactive ketones (excluding diaryl/α,β-unsaturated/α-hetero) is 1. The smallest absolute Gasteiger partial charge is 0.161 e. The van der Waals surface area contributed by atoms with Crippen molar-refractivity contribution < 1.29 is 14.3 Å². The van der Waals surface area contributed by atoms with E-state index in [-0.39, 0.29) is 5.78 Å². The molecule has 0 amide bonds. The Morgan fingerprint density at radius 1 is 0.895 bits per heavy atom. The van der Waals surface area contributed by atoms with Crippen LogP contribution in [0.2, 0.25) is 0 Å². The molecule has 2 rings (SSSR count). The summed E-state index contributed by atoms with van der Waals surface area (Å²) in [4.78, 5) is 11.4. The molecule has 0 saturated carbocycles. The maximum atomic E-state index is 11.4. The predicted octanol–water partition coefficient (Wildman–Crippen LogP) is 3.57. The fourth-order valence-corrected chi connectivity index (χ4v) is 1.93. The number of carbonyl (C=O) groups is 1. The molecule has 0 unspecified atom stereocenters. The minimum absolute atomic E-state index is 0.0577. The molecule has 0 spiro atoms. The van der Waals surface area contributed by atoms with Crippen molar-refractivity contribution in [3.63, 3.8) is 0 Å². The fraction of sp³-hybridized carbons (Fsp3) is 0.188. The average molecular weight is 256 g/mol. The Balaban J connectivity index is 2.47. The van der Waals surface area contributed by atoms with Gasteiger partial charge in [0.1, 0.15) is 0 Å². The number of carbonyl (C=O) groups excluding carboxylic acids is 1. The van der Waals surface area contributed by atoms with E-state index in [0.717, 1.165) is 11.1 Å². The zero-order valence-corrected chi connectivity index (χ0v) is 11.3. The van der Waals surface area contributed by atoms with Gasteiger partial charge in [0.05, 0.1) is 14.2 Å². The van der Waals surface area contributed by atoms with Crippen LogP contribution in [0.15, 0.2) is 42.5 Å². The number of ketones is 1. The first-order chi connectivity index (χ1) is 9.15. The fourth-order valence-electron chi connectivity index (χ4n) is 1.93. The molecule has 0 N–H and O–H groups in total. The van der Waals surface area contributed by atoms with Gasteiger partial charge in [-0.25, -0.2) is 0 Å². The summed E-state index contributed by atoms with van der Waals surface area (Å²) in [6.45, 7) is 1.56. The van der Waals surface area contributed by atoms with Crippen molar-refractivity contribution in [2.75, 3.05) is 14.2 Å². The Kier molecular flexibility index (Phi) is 3.85. The summed E-state index contributed by atoms with van der Waals surface area (Å²) >= 11 is 0. The second-order valence-corrected chi connectivity index (χ2v) is 4.21. The maximum Gasteiger partial charge on any atom is 0.161 e. The zero-order chi connectivity index (χ0) is 13.8. The molecule has 98 valence electrons. The quantitative estimate of drug-likeness (QED) is 0.784. The third-order valence-corrected chi connectivity index (χ3v) is 2.99. The standard InChI is InChI=1S/C16H16O3/c1-11(17)12-5-4-6-13(9-12)14-7-8-15(18-2)16(10-14)19-3/h4-10H,1-3H3. The number of methoxy groups -OCH3 is 2. The summed E-state index contributed by atoms with van der Waals surface area (Å²) in [7, 11) is 3.21. The molecule has 3 heteroatoms. The second-order valence-electron chi connectivity index (χ2n) is 4.21. The maximum absolute atomic E-state index is 11.4. The van der Waals surface area contributed by atoms with Crippen LogP contribution >= 0.6 is 0 Å². The lowest BCUT2D eigenvalue weighted by molar-refractivity contribution is 0.101. The first-order valence-electron chi connectivity index (χ1n) is 5.99. The van der Waals surface area contributed by atoms with E-state index >= 15 is 0 Å². The monoisotopic (exact) mass is 256 g/mol. The van der Waals surface area contributed by atoms with Crippen molar-refractivity contribution in [1.82, 2.24) is 0 Å². The molecular formula is C16H16O3. The molecule has 0 atom stereocenters. The zero-order valence-electron chi connectivity index (χ0n) is 11.3. The highest BCUT2D eigenvalue weighted by Crippen LogP contribution is 2.32. The molecule has 2 aromatic carbocycles. The van der Waals surface area contributed by atoms with E-state index in [1.165, 1.54) is 0 Å². The van der Waals surface area contributed by atoms with Crippen LogP contribution in [0.5, 0.6) is 11.5 Å². The average Bonchev–Trinajstić information content (AvgIpc) is 2.46. The van der Waals surface area contributed by atoms with Gasteiger partial charge in [-0.05, 0) is 36.2 Å².